The van der Waals surface area contributed by atoms with Crippen LogP contribution in [0.4, 0.5) is 0 Å². The zero-order valence-electron chi connectivity index (χ0n) is 9.89. The van der Waals surface area contributed by atoms with Gasteiger partial charge in [-0.15, -0.1) is 0 Å². The van der Waals surface area contributed by atoms with Gasteiger partial charge in [0.05, 0.1) is 17.0 Å². The van der Waals surface area contributed by atoms with Crippen molar-refractivity contribution in [3.8, 4) is 0 Å². The van der Waals surface area contributed by atoms with Crippen molar-refractivity contribution in [3.05, 3.63) is 28.7 Å². The van der Waals surface area contributed by atoms with E-state index in [-0.39, 0.29) is 17.0 Å². The van der Waals surface area contributed by atoms with Crippen molar-refractivity contribution in [2.45, 2.75) is 17.0 Å². The number of halogens is 1. The maximum absolute atomic E-state index is 12.2. The van der Waals surface area contributed by atoms with Gasteiger partial charge in [0, 0.05) is 24.7 Å². The number of nitrogens with one attached hydrogen (secondary N) is 2. The second-order valence-corrected chi connectivity index (χ2v) is 6.75. The Labute approximate surface area is 115 Å². The average Bonchev–Trinajstić information content (AvgIpc) is 2.75. The molecular weight excluding hydrogens is 320 g/mol. The van der Waals surface area contributed by atoms with E-state index in [1.165, 1.54) is 0 Å². The highest BCUT2D eigenvalue weighted by Crippen LogP contribution is 2.17. The molecule has 0 aliphatic carbocycles. The molecule has 1 aromatic carbocycles. The summed E-state index contributed by atoms with van der Waals surface area (Å²) in [4.78, 5) is 0.249. The van der Waals surface area contributed by atoms with Crippen LogP contribution in [0.3, 0.4) is 0 Å². The largest absolute Gasteiger partial charge is 0.378 e. The molecule has 0 spiro atoms. The quantitative estimate of drug-likeness (QED) is 0.851. The Morgan fingerprint density at radius 3 is 2.89 bits per heavy atom. The van der Waals surface area contributed by atoms with Crippen LogP contribution in [0.25, 0.3) is 0 Å². The van der Waals surface area contributed by atoms with Gasteiger partial charge >= 0.3 is 0 Å². The molecule has 1 aliphatic heterocycles. The standard InChI is InChI=1S/C11H15BrN2O3S/c1-17-11-7-13-6-10(11)14-18(15,16)9-4-2-3-8(12)5-9/h2-5,10-11,13-14H,6-7H2,1H3/t10?,11-/m0/s1. The van der Waals surface area contributed by atoms with Crippen molar-refractivity contribution >= 4 is 26.0 Å². The fourth-order valence-corrected chi connectivity index (χ4v) is 3.78. The highest BCUT2D eigenvalue weighted by molar-refractivity contribution is 9.10. The zero-order valence-corrected chi connectivity index (χ0v) is 12.3. The summed E-state index contributed by atoms with van der Waals surface area (Å²) in [5.74, 6) is 0. The number of benzene rings is 1. The van der Waals surface area contributed by atoms with E-state index in [2.05, 4.69) is 26.0 Å². The van der Waals surface area contributed by atoms with E-state index in [1.807, 2.05) is 0 Å². The Hall–Kier alpha value is -0.470. The SMILES string of the molecule is CO[C@H]1CNCC1NS(=O)(=O)c1cccc(Br)c1. The van der Waals surface area contributed by atoms with E-state index in [9.17, 15) is 8.42 Å². The molecule has 1 aromatic rings. The summed E-state index contributed by atoms with van der Waals surface area (Å²) in [7, 11) is -1.93. The molecule has 1 unspecified atom stereocenters. The lowest BCUT2D eigenvalue weighted by Crippen LogP contribution is -2.43. The van der Waals surface area contributed by atoms with E-state index in [0.29, 0.717) is 13.1 Å². The van der Waals surface area contributed by atoms with Crippen LogP contribution in [0.15, 0.2) is 33.6 Å². The van der Waals surface area contributed by atoms with Crippen molar-refractivity contribution in [3.63, 3.8) is 0 Å². The van der Waals surface area contributed by atoms with Gasteiger partial charge in [-0.1, -0.05) is 22.0 Å². The Morgan fingerprint density at radius 2 is 2.22 bits per heavy atom. The Bertz CT molecular complexity index is 521. The van der Waals surface area contributed by atoms with E-state index in [0.717, 1.165) is 4.47 Å². The fraction of sp³-hybridized carbons (Fsp3) is 0.455. The van der Waals surface area contributed by atoms with Crippen molar-refractivity contribution in [1.29, 1.82) is 0 Å². The number of sulfonamides is 1. The Morgan fingerprint density at radius 1 is 1.44 bits per heavy atom. The molecule has 2 rings (SSSR count). The molecule has 1 aliphatic rings. The zero-order chi connectivity index (χ0) is 13.2. The van der Waals surface area contributed by atoms with Gasteiger partial charge in [0.25, 0.3) is 0 Å². The van der Waals surface area contributed by atoms with Gasteiger partial charge in [0.15, 0.2) is 0 Å². The van der Waals surface area contributed by atoms with E-state index >= 15 is 0 Å². The van der Waals surface area contributed by atoms with Gasteiger partial charge in [-0.2, -0.15) is 0 Å². The second kappa shape index (κ2) is 5.66. The molecule has 7 heteroatoms. The molecule has 0 aromatic heterocycles. The molecule has 0 radical (unpaired) electrons. The van der Waals surface area contributed by atoms with Gasteiger partial charge < -0.3 is 10.1 Å². The Balaban J connectivity index is 2.17. The van der Waals surface area contributed by atoms with Gasteiger partial charge in [-0.25, -0.2) is 13.1 Å². The van der Waals surface area contributed by atoms with Gasteiger partial charge in [-0.05, 0) is 18.2 Å². The first kappa shape index (κ1) is 14.0. The molecule has 1 heterocycles. The predicted molar refractivity (Wildman–Crippen MR) is 71.9 cm³/mol. The molecule has 18 heavy (non-hydrogen) atoms. The van der Waals surface area contributed by atoms with Gasteiger partial charge in [0.1, 0.15) is 0 Å². The van der Waals surface area contributed by atoms with Crippen LogP contribution in [-0.2, 0) is 14.8 Å². The molecule has 1 saturated heterocycles. The summed E-state index contributed by atoms with van der Waals surface area (Å²) in [6.45, 7) is 1.23. The molecule has 0 bridgehead atoms. The van der Waals surface area contributed by atoms with E-state index in [4.69, 9.17) is 4.74 Å². The second-order valence-electron chi connectivity index (χ2n) is 4.12. The predicted octanol–water partition coefficient (Wildman–Crippen LogP) is 0.714. The monoisotopic (exact) mass is 334 g/mol. The summed E-state index contributed by atoms with van der Waals surface area (Å²) in [6, 6.07) is 6.39. The van der Waals surface area contributed by atoms with Crippen molar-refractivity contribution < 1.29 is 13.2 Å². The van der Waals surface area contributed by atoms with Crippen LogP contribution in [0.1, 0.15) is 0 Å². The summed E-state index contributed by atoms with van der Waals surface area (Å²) >= 11 is 3.26. The van der Waals surface area contributed by atoms with Gasteiger partial charge in [0.2, 0.25) is 10.0 Å². The first-order valence-electron chi connectivity index (χ1n) is 5.54. The fourth-order valence-electron chi connectivity index (χ4n) is 1.92. The first-order chi connectivity index (χ1) is 8.53. The van der Waals surface area contributed by atoms with Crippen LogP contribution in [0.2, 0.25) is 0 Å². The Kier molecular flexibility index (Phi) is 4.39. The number of hydrogen-bond donors (Lipinski definition) is 2. The van der Waals surface area contributed by atoms with Crippen LogP contribution in [-0.4, -0.2) is 40.8 Å². The average molecular weight is 335 g/mol. The number of ether oxygens (including phenoxy) is 1. The van der Waals surface area contributed by atoms with E-state index < -0.39 is 10.0 Å². The lowest BCUT2D eigenvalue weighted by atomic mass is 10.2. The van der Waals surface area contributed by atoms with Crippen LogP contribution in [0, 0.1) is 0 Å². The molecule has 100 valence electrons. The minimum atomic E-state index is -3.51. The van der Waals surface area contributed by atoms with Crippen LogP contribution in [0.5, 0.6) is 0 Å². The van der Waals surface area contributed by atoms with Crippen molar-refractivity contribution in [2.24, 2.45) is 0 Å². The molecule has 1 fully saturated rings. The van der Waals surface area contributed by atoms with Gasteiger partial charge in [-0.3, -0.25) is 0 Å². The highest BCUT2D eigenvalue weighted by atomic mass is 79.9. The minimum Gasteiger partial charge on any atom is -0.378 e. The number of hydrogen-bond acceptors (Lipinski definition) is 4. The lowest BCUT2D eigenvalue weighted by Gasteiger charge is -2.18. The summed E-state index contributed by atoms with van der Waals surface area (Å²) in [6.07, 6.45) is -0.132. The van der Waals surface area contributed by atoms with Crippen LogP contribution >= 0.6 is 15.9 Å². The molecule has 0 amide bonds. The third kappa shape index (κ3) is 3.10. The normalized spacial score (nSPS) is 24.3. The molecule has 0 saturated carbocycles. The lowest BCUT2D eigenvalue weighted by molar-refractivity contribution is 0.103. The minimum absolute atomic E-state index is 0.132. The third-order valence-corrected chi connectivity index (χ3v) is 4.86. The van der Waals surface area contributed by atoms with Crippen molar-refractivity contribution in [1.82, 2.24) is 10.0 Å². The topological polar surface area (TPSA) is 67.4 Å². The summed E-state index contributed by atoms with van der Waals surface area (Å²) < 4.78 is 33.0. The van der Waals surface area contributed by atoms with Crippen LogP contribution < -0.4 is 10.0 Å². The third-order valence-electron chi connectivity index (χ3n) is 2.87. The van der Waals surface area contributed by atoms with Crippen molar-refractivity contribution in [2.75, 3.05) is 20.2 Å². The molecule has 2 N–H and O–H groups in total. The summed E-state index contributed by atoms with van der Waals surface area (Å²) in [5.41, 5.74) is 0. The van der Waals surface area contributed by atoms with E-state index in [1.54, 1.807) is 31.4 Å². The molecular formula is C11H15BrN2O3S. The molecule has 2 atom stereocenters. The number of methoxy groups -OCH3 is 1. The maximum Gasteiger partial charge on any atom is 0.240 e. The first-order valence-corrected chi connectivity index (χ1v) is 7.82. The number of rotatable bonds is 4. The molecule has 5 nitrogen and oxygen atoms in total. The smallest absolute Gasteiger partial charge is 0.240 e. The highest BCUT2D eigenvalue weighted by Gasteiger charge is 2.31. The maximum atomic E-state index is 12.2. The summed E-state index contributed by atoms with van der Waals surface area (Å²) in [5, 5.41) is 3.10.